The number of hydrogen-bond donors (Lipinski definition) is 2. The lowest BCUT2D eigenvalue weighted by atomic mass is 9.88. The van der Waals surface area contributed by atoms with Gasteiger partial charge in [-0.3, -0.25) is 14.4 Å². The first-order chi connectivity index (χ1) is 11.4. The second-order valence-corrected chi connectivity index (χ2v) is 6.30. The predicted octanol–water partition coefficient (Wildman–Crippen LogP) is 0.118. The third-order valence-electron chi connectivity index (χ3n) is 4.47. The minimum absolute atomic E-state index is 0.0798. The first kappa shape index (κ1) is 18.2. The van der Waals surface area contributed by atoms with Gasteiger partial charge in [0.1, 0.15) is 0 Å². The summed E-state index contributed by atoms with van der Waals surface area (Å²) in [5.41, 5.74) is -1.14. The number of nitrogens with one attached hydrogen (secondary N) is 1. The number of amides is 2. The molecule has 0 aliphatic carbocycles. The number of rotatable bonds is 6. The van der Waals surface area contributed by atoms with Gasteiger partial charge in [-0.05, 0) is 25.3 Å². The van der Waals surface area contributed by atoms with E-state index in [4.69, 9.17) is 0 Å². The molecule has 1 atom stereocenters. The van der Waals surface area contributed by atoms with E-state index in [0.29, 0.717) is 32.4 Å². The smallest absolute Gasteiger partial charge is 0.250 e. The molecule has 0 unspecified atom stereocenters. The molecule has 0 bridgehead atoms. The van der Waals surface area contributed by atoms with Crippen molar-refractivity contribution in [1.82, 2.24) is 14.8 Å². The van der Waals surface area contributed by atoms with Crippen molar-refractivity contribution in [1.29, 1.82) is 0 Å². The van der Waals surface area contributed by atoms with Crippen molar-refractivity contribution in [3.8, 4) is 0 Å². The van der Waals surface area contributed by atoms with Crippen molar-refractivity contribution in [2.24, 2.45) is 0 Å². The van der Waals surface area contributed by atoms with Crippen LogP contribution in [0.1, 0.15) is 32.1 Å². The molecule has 7 heteroatoms. The van der Waals surface area contributed by atoms with Crippen LogP contribution in [0.15, 0.2) is 29.2 Å². The summed E-state index contributed by atoms with van der Waals surface area (Å²) in [5, 5.41) is 13.2. The van der Waals surface area contributed by atoms with Gasteiger partial charge in [0, 0.05) is 51.8 Å². The lowest BCUT2D eigenvalue weighted by molar-refractivity contribution is -0.139. The van der Waals surface area contributed by atoms with Gasteiger partial charge in [-0.2, -0.15) is 0 Å². The van der Waals surface area contributed by atoms with Crippen molar-refractivity contribution >= 4 is 11.8 Å². The fourth-order valence-electron chi connectivity index (χ4n) is 3.02. The summed E-state index contributed by atoms with van der Waals surface area (Å²) >= 11 is 0. The molecular formula is C17H25N3O4. The minimum Gasteiger partial charge on any atom is -0.388 e. The third-order valence-corrected chi connectivity index (χ3v) is 4.47. The molecule has 1 aliphatic rings. The summed E-state index contributed by atoms with van der Waals surface area (Å²) in [6, 6.07) is 4.88. The van der Waals surface area contributed by atoms with Crippen LogP contribution in [0, 0.1) is 0 Å². The Labute approximate surface area is 141 Å². The molecule has 24 heavy (non-hydrogen) atoms. The highest BCUT2D eigenvalue weighted by atomic mass is 16.3. The van der Waals surface area contributed by atoms with Gasteiger partial charge < -0.3 is 19.9 Å². The van der Waals surface area contributed by atoms with Crippen LogP contribution in [0.3, 0.4) is 0 Å². The van der Waals surface area contributed by atoms with Gasteiger partial charge in [0.25, 0.3) is 5.56 Å². The van der Waals surface area contributed by atoms with E-state index in [2.05, 4.69) is 5.32 Å². The van der Waals surface area contributed by atoms with Gasteiger partial charge in [-0.1, -0.05) is 6.07 Å². The van der Waals surface area contributed by atoms with E-state index in [0.717, 1.165) is 0 Å². The van der Waals surface area contributed by atoms with Crippen molar-refractivity contribution in [3.05, 3.63) is 34.7 Å². The average Bonchev–Trinajstić information content (AvgIpc) is 2.58. The Hall–Kier alpha value is -2.15. The number of likely N-dealkylation sites (tertiary alicyclic amines) is 1. The Morgan fingerprint density at radius 2 is 2.12 bits per heavy atom. The number of aryl methyl sites for hydroxylation is 1. The Balaban J connectivity index is 1.89. The molecular weight excluding hydrogens is 310 g/mol. The van der Waals surface area contributed by atoms with Crippen LogP contribution in [0.5, 0.6) is 0 Å². The van der Waals surface area contributed by atoms with Crippen LogP contribution >= 0.6 is 0 Å². The van der Waals surface area contributed by atoms with Crippen LogP contribution in [0.25, 0.3) is 0 Å². The van der Waals surface area contributed by atoms with E-state index < -0.39 is 5.60 Å². The fourth-order valence-corrected chi connectivity index (χ4v) is 3.02. The van der Waals surface area contributed by atoms with E-state index >= 15 is 0 Å². The van der Waals surface area contributed by atoms with Gasteiger partial charge in [0.05, 0.1) is 5.60 Å². The molecule has 1 saturated heterocycles. The maximum absolute atomic E-state index is 12.4. The van der Waals surface area contributed by atoms with Gasteiger partial charge >= 0.3 is 0 Å². The van der Waals surface area contributed by atoms with Crippen LogP contribution in [-0.4, -0.2) is 52.1 Å². The summed E-state index contributed by atoms with van der Waals surface area (Å²) in [5.74, 6) is -0.195. The Morgan fingerprint density at radius 3 is 2.83 bits per heavy atom. The molecule has 0 radical (unpaired) electrons. The summed E-state index contributed by atoms with van der Waals surface area (Å²) < 4.78 is 1.50. The van der Waals surface area contributed by atoms with E-state index in [9.17, 15) is 19.5 Å². The number of aliphatic hydroxyl groups is 1. The van der Waals surface area contributed by atoms with Gasteiger partial charge in [-0.25, -0.2) is 0 Å². The van der Waals surface area contributed by atoms with Crippen LogP contribution < -0.4 is 10.9 Å². The van der Waals surface area contributed by atoms with Crippen molar-refractivity contribution < 1.29 is 14.7 Å². The average molecular weight is 335 g/mol. The Bertz CT molecular complexity index is 643. The van der Waals surface area contributed by atoms with Crippen molar-refractivity contribution in [2.45, 2.75) is 44.2 Å². The van der Waals surface area contributed by atoms with E-state index in [-0.39, 0.29) is 36.8 Å². The third kappa shape index (κ3) is 4.92. The van der Waals surface area contributed by atoms with Crippen LogP contribution in [-0.2, 0) is 16.1 Å². The number of aromatic nitrogens is 1. The molecule has 7 nitrogen and oxygen atoms in total. The van der Waals surface area contributed by atoms with Gasteiger partial charge in [0.15, 0.2) is 0 Å². The molecule has 132 valence electrons. The normalized spacial score (nSPS) is 20.7. The van der Waals surface area contributed by atoms with Crippen molar-refractivity contribution in [3.63, 3.8) is 0 Å². The van der Waals surface area contributed by atoms with E-state index in [1.165, 1.54) is 10.6 Å². The fraction of sp³-hybridized carbons (Fsp3) is 0.588. The van der Waals surface area contributed by atoms with E-state index in [1.807, 2.05) is 0 Å². The molecule has 0 aromatic carbocycles. The molecule has 2 amide bonds. The number of β-amino-alcohol motifs (C(OH)–C–C–N with tert-alkyl or cyclic N) is 1. The zero-order valence-electron chi connectivity index (χ0n) is 14.0. The van der Waals surface area contributed by atoms with Gasteiger partial charge in [-0.15, -0.1) is 0 Å². The van der Waals surface area contributed by atoms with Crippen LogP contribution in [0.2, 0.25) is 0 Å². The number of carbonyl (C=O) groups is 2. The van der Waals surface area contributed by atoms with Gasteiger partial charge in [0.2, 0.25) is 11.8 Å². The predicted molar refractivity (Wildman–Crippen MR) is 89.4 cm³/mol. The number of nitrogens with zero attached hydrogens (tertiary/aromatic N) is 2. The Morgan fingerprint density at radius 1 is 1.33 bits per heavy atom. The Kier molecular flexibility index (Phi) is 6.14. The zero-order valence-corrected chi connectivity index (χ0v) is 14.0. The molecule has 0 spiro atoms. The molecule has 0 saturated carbocycles. The molecule has 1 aliphatic heterocycles. The highest BCUT2D eigenvalue weighted by Gasteiger charge is 2.35. The second-order valence-electron chi connectivity index (χ2n) is 6.30. The van der Waals surface area contributed by atoms with Crippen molar-refractivity contribution in [2.75, 3.05) is 20.1 Å². The zero-order chi connectivity index (χ0) is 17.6. The summed E-state index contributed by atoms with van der Waals surface area (Å²) in [6.07, 6.45) is 3.76. The quantitative estimate of drug-likeness (QED) is 0.772. The first-order valence-corrected chi connectivity index (χ1v) is 8.30. The first-order valence-electron chi connectivity index (χ1n) is 8.30. The van der Waals surface area contributed by atoms with Crippen LogP contribution in [0.4, 0.5) is 0 Å². The maximum atomic E-state index is 12.4. The standard InChI is InChI=1S/C17H25N3O4/c1-18-14(21)6-9-17(24)8-4-11-20(13-17)16(23)7-12-19-10-3-2-5-15(19)22/h2-3,5,10,24H,4,6-9,11-13H2,1H3,(H,18,21)/t17-/m1/s1. The number of carbonyl (C=O) groups excluding carboxylic acids is 2. The summed E-state index contributed by atoms with van der Waals surface area (Å²) in [6.45, 7) is 1.17. The molecule has 2 rings (SSSR count). The lowest BCUT2D eigenvalue weighted by Gasteiger charge is -2.39. The molecule has 2 N–H and O–H groups in total. The summed E-state index contributed by atoms with van der Waals surface area (Å²) in [4.78, 5) is 37.0. The lowest BCUT2D eigenvalue weighted by Crippen LogP contribution is -2.50. The highest BCUT2D eigenvalue weighted by Crippen LogP contribution is 2.26. The number of hydrogen-bond acceptors (Lipinski definition) is 4. The second kappa shape index (κ2) is 8.10. The monoisotopic (exact) mass is 335 g/mol. The topological polar surface area (TPSA) is 91.6 Å². The SMILES string of the molecule is CNC(=O)CC[C@]1(O)CCCN(C(=O)CCn2ccccc2=O)C1. The molecule has 1 fully saturated rings. The molecule has 2 heterocycles. The largest absolute Gasteiger partial charge is 0.388 e. The number of piperidine rings is 1. The highest BCUT2D eigenvalue weighted by molar-refractivity contribution is 5.76. The van der Waals surface area contributed by atoms with E-state index in [1.54, 1.807) is 30.3 Å². The summed E-state index contributed by atoms with van der Waals surface area (Å²) in [7, 11) is 1.56. The number of pyridine rings is 1. The molecule has 1 aromatic rings. The minimum atomic E-state index is -1.01. The maximum Gasteiger partial charge on any atom is 0.250 e. The molecule has 1 aromatic heterocycles.